The van der Waals surface area contributed by atoms with E-state index in [1.54, 1.807) is 0 Å². The van der Waals surface area contributed by atoms with Gasteiger partial charge in [-0.2, -0.15) is 0 Å². The number of benzene rings is 1. The molecule has 0 saturated carbocycles. The number of hydrogen-bond acceptors (Lipinski definition) is 4. The van der Waals surface area contributed by atoms with E-state index in [0.717, 1.165) is 38.1 Å². The number of esters is 1. The number of ether oxygens (including phenoxy) is 2. The summed E-state index contributed by atoms with van der Waals surface area (Å²) in [4.78, 5) is 14.0. The molecule has 0 unspecified atom stereocenters. The fourth-order valence-electron chi connectivity index (χ4n) is 2.96. The number of likely N-dealkylation sites (tertiary alicyclic amines) is 1. The fourth-order valence-corrected chi connectivity index (χ4v) is 2.96. The molecule has 1 heterocycles. The van der Waals surface area contributed by atoms with Crippen molar-refractivity contribution in [1.29, 1.82) is 0 Å². The van der Waals surface area contributed by atoms with Crippen LogP contribution in [0.15, 0.2) is 18.2 Å². The van der Waals surface area contributed by atoms with Crippen molar-refractivity contribution < 1.29 is 14.3 Å². The highest BCUT2D eigenvalue weighted by Crippen LogP contribution is 2.19. The van der Waals surface area contributed by atoms with Gasteiger partial charge >= 0.3 is 5.97 Å². The summed E-state index contributed by atoms with van der Waals surface area (Å²) < 4.78 is 10.7. The van der Waals surface area contributed by atoms with E-state index in [9.17, 15) is 4.79 Å². The quantitative estimate of drug-likeness (QED) is 0.782. The molecular weight excluding hydrogens is 266 g/mol. The van der Waals surface area contributed by atoms with Crippen molar-refractivity contribution in [3.05, 3.63) is 29.3 Å². The summed E-state index contributed by atoms with van der Waals surface area (Å²) in [5, 5.41) is 0. The van der Waals surface area contributed by atoms with Crippen LogP contribution in [-0.4, -0.2) is 43.7 Å². The number of rotatable bonds is 5. The molecule has 1 aromatic carbocycles. The molecule has 0 spiro atoms. The second-order valence-corrected chi connectivity index (χ2v) is 5.74. The molecule has 4 nitrogen and oxygen atoms in total. The van der Waals surface area contributed by atoms with Crippen LogP contribution in [0, 0.1) is 13.8 Å². The van der Waals surface area contributed by atoms with E-state index >= 15 is 0 Å². The Morgan fingerprint density at radius 2 is 1.95 bits per heavy atom. The van der Waals surface area contributed by atoms with Gasteiger partial charge in [0.25, 0.3) is 0 Å². The van der Waals surface area contributed by atoms with Gasteiger partial charge in [-0.3, -0.25) is 9.69 Å². The predicted molar refractivity (Wildman–Crippen MR) is 82.6 cm³/mol. The van der Waals surface area contributed by atoms with Crippen LogP contribution in [0.2, 0.25) is 0 Å². The van der Waals surface area contributed by atoms with Crippen LogP contribution < -0.4 is 4.74 Å². The maximum atomic E-state index is 11.8. The lowest BCUT2D eigenvalue weighted by Crippen LogP contribution is -2.46. The average Bonchev–Trinajstić information content (AvgIpc) is 2.46. The Kier molecular flexibility index (Phi) is 5.62. The lowest BCUT2D eigenvalue weighted by atomic mass is 10.0. The summed E-state index contributed by atoms with van der Waals surface area (Å²) in [5.74, 6) is 0.778. The van der Waals surface area contributed by atoms with Crippen molar-refractivity contribution in [3.63, 3.8) is 0 Å². The van der Waals surface area contributed by atoms with Gasteiger partial charge in [-0.15, -0.1) is 0 Å². The van der Waals surface area contributed by atoms with Gasteiger partial charge in [0.2, 0.25) is 0 Å². The smallest absolute Gasteiger partial charge is 0.323 e. The molecule has 21 heavy (non-hydrogen) atoms. The molecule has 1 aliphatic rings. The first-order valence-corrected chi connectivity index (χ1v) is 7.63. The number of nitrogens with zero attached hydrogens (tertiary/aromatic N) is 1. The zero-order valence-corrected chi connectivity index (χ0v) is 13.2. The first-order valence-electron chi connectivity index (χ1n) is 7.63. The van der Waals surface area contributed by atoms with Gasteiger partial charge in [-0.1, -0.05) is 12.5 Å². The van der Waals surface area contributed by atoms with Gasteiger partial charge in [0.15, 0.2) is 0 Å². The highest BCUT2D eigenvalue weighted by molar-refractivity contribution is 5.75. The second-order valence-electron chi connectivity index (χ2n) is 5.74. The van der Waals surface area contributed by atoms with Crippen molar-refractivity contribution in [2.45, 2.75) is 39.2 Å². The Labute approximate surface area is 127 Å². The average molecular weight is 291 g/mol. The second kappa shape index (κ2) is 7.46. The largest absolute Gasteiger partial charge is 0.492 e. The van der Waals surface area contributed by atoms with Crippen molar-refractivity contribution >= 4 is 5.97 Å². The van der Waals surface area contributed by atoms with Crippen molar-refractivity contribution in [2.75, 3.05) is 26.8 Å². The van der Waals surface area contributed by atoms with Crippen molar-refractivity contribution in [3.8, 4) is 5.75 Å². The SMILES string of the molecule is COC(=O)[C@H]1CCCCN1CCOc1cc(C)cc(C)c1. The summed E-state index contributed by atoms with van der Waals surface area (Å²) in [6, 6.07) is 6.11. The van der Waals surface area contributed by atoms with Gasteiger partial charge < -0.3 is 9.47 Å². The van der Waals surface area contributed by atoms with Crippen LogP contribution in [0.1, 0.15) is 30.4 Å². The zero-order chi connectivity index (χ0) is 15.2. The summed E-state index contributed by atoms with van der Waals surface area (Å²) in [5.41, 5.74) is 2.41. The molecule has 4 heteroatoms. The van der Waals surface area contributed by atoms with Crippen LogP contribution in [-0.2, 0) is 9.53 Å². The monoisotopic (exact) mass is 291 g/mol. The maximum Gasteiger partial charge on any atom is 0.323 e. The molecule has 0 N–H and O–H groups in total. The highest BCUT2D eigenvalue weighted by atomic mass is 16.5. The third-order valence-corrected chi connectivity index (χ3v) is 3.93. The molecule has 1 aromatic rings. The molecule has 0 aliphatic carbocycles. The summed E-state index contributed by atoms with van der Waals surface area (Å²) in [6.07, 6.45) is 3.11. The van der Waals surface area contributed by atoms with Crippen LogP contribution in [0.25, 0.3) is 0 Å². The van der Waals surface area contributed by atoms with E-state index in [4.69, 9.17) is 9.47 Å². The summed E-state index contributed by atoms with van der Waals surface area (Å²) in [6.45, 7) is 6.43. The molecule has 2 rings (SSSR count). The molecule has 116 valence electrons. The lowest BCUT2D eigenvalue weighted by molar-refractivity contribution is -0.148. The maximum absolute atomic E-state index is 11.8. The molecule has 0 amide bonds. The standard InChI is InChI=1S/C17H25NO3/c1-13-10-14(2)12-15(11-13)21-9-8-18-7-5-4-6-16(18)17(19)20-3/h10-12,16H,4-9H2,1-3H3/t16-/m1/s1. The predicted octanol–water partition coefficient (Wildman–Crippen LogP) is 2.71. The highest BCUT2D eigenvalue weighted by Gasteiger charge is 2.29. The van der Waals surface area contributed by atoms with E-state index in [0.29, 0.717) is 6.61 Å². The number of hydrogen-bond donors (Lipinski definition) is 0. The van der Waals surface area contributed by atoms with Gasteiger partial charge in [0.1, 0.15) is 18.4 Å². The normalized spacial score (nSPS) is 19.3. The molecular formula is C17H25NO3. The van der Waals surface area contributed by atoms with E-state index in [1.807, 2.05) is 12.1 Å². The Hall–Kier alpha value is -1.55. The van der Waals surface area contributed by atoms with E-state index < -0.39 is 0 Å². The molecule has 0 radical (unpaired) electrons. The summed E-state index contributed by atoms with van der Waals surface area (Å²) >= 11 is 0. The zero-order valence-electron chi connectivity index (χ0n) is 13.2. The van der Waals surface area contributed by atoms with Gasteiger partial charge in [-0.05, 0) is 56.5 Å². The minimum absolute atomic E-state index is 0.105. The van der Waals surface area contributed by atoms with Gasteiger partial charge in [0.05, 0.1) is 7.11 Å². The molecule has 0 aromatic heterocycles. The molecule has 0 bridgehead atoms. The third-order valence-electron chi connectivity index (χ3n) is 3.93. The van der Waals surface area contributed by atoms with E-state index in [1.165, 1.54) is 18.2 Å². The molecule has 1 saturated heterocycles. The van der Waals surface area contributed by atoms with Crippen LogP contribution in [0.5, 0.6) is 5.75 Å². The fraction of sp³-hybridized carbons (Fsp3) is 0.588. The first-order chi connectivity index (χ1) is 10.1. The molecule has 1 atom stereocenters. The van der Waals surface area contributed by atoms with Crippen molar-refractivity contribution in [2.24, 2.45) is 0 Å². The van der Waals surface area contributed by atoms with E-state index in [2.05, 4.69) is 24.8 Å². The van der Waals surface area contributed by atoms with Crippen LogP contribution in [0.3, 0.4) is 0 Å². The van der Waals surface area contributed by atoms with Crippen molar-refractivity contribution in [1.82, 2.24) is 4.90 Å². The van der Waals surface area contributed by atoms with Gasteiger partial charge in [-0.25, -0.2) is 0 Å². The number of carbonyl (C=O) groups excluding carboxylic acids is 1. The van der Waals surface area contributed by atoms with E-state index in [-0.39, 0.29) is 12.0 Å². The number of carbonyl (C=O) groups is 1. The molecule has 1 fully saturated rings. The summed E-state index contributed by atoms with van der Waals surface area (Å²) in [7, 11) is 1.46. The Morgan fingerprint density at radius 3 is 2.62 bits per heavy atom. The Morgan fingerprint density at radius 1 is 1.24 bits per heavy atom. The number of piperidine rings is 1. The van der Waals surface area contributed by atoms with Crippen LogP contribution in [0.4, 0.5) is 0 Å². The minimum atomic E-state index is -0.124. The molecule has 1 aliphatic heterocycles. The lowest BCUT2D eigenvalue weighted by Gasteiger charge is -2.33. The Bertz CT molecular complexity index is 467. The number of methoxy groups -OCH3 is 1. The third kappa shape index (κ3) is 4.46. The van der Waals surface area contributed by atoms with Gasteiger partial charge in [0, 0.05) is 6.54 Å². The first kappa shape index (κ1) is 15.8. The Balaban J connectivity index is 1.87. The topological polar surface area (TPSA) is 38.8 Å². The minimum Gasteiger partial charge on any atom is -0.492 e. The van der Waals surface area contributed by atoms with Crippen LogP contribution >= 0.6 is 0 Å². The number of aryl methyl sites for hydroxylation is 2.